The van der Waals surface area contributed by atoms with Crippen LogP contribution in [0.3, 0.4) is 0 Å². The molecule has 108 valence electrons. The SMILES string of the molecule is C1=CC(c2ccc[c-]2C2C=CC=C2)C=C1.[Ni+2].c1cc[cH-]c1. The summed E-state index contributed by atoms with van der Waals surface area (Å²) >= 11 is 0. The molecule has 0 radical (unpaired) electrons. The molecule has 0 unspecified atom stereocenters. The third-order valence-corrected chi connectivity index (χ3v) is 3.65. The third kappa shape index (κ3) is 3.83. The van der Waals surface area contributed by atoms with Gasteiger partial charge in [0.15, 0.2) is 0 Å². The topological polar surface area (TPSA) is 0 Å². The maximum atomic E-state index is 2.25. The minimum atomic E-state index is 0. The molecule has 0 saturated heterocycles. The van der Waals surface area contributed by atoms with Gasteiger partial charge in [0.1, 0.15) is 0 Å². The Labute approximate surface area is 136 Å². The van der Waals surface area contributed by atoms with Crippen molar-refractivity contribution < 1.29 is 16.5 Å². The van der Waals surface area contributed by atoms with Crippen LogP contribution in [0, 0.1) is 0 Å². The molecular formula is C20H18Ni. The predicted molar refractivity (Wildman–Crippen MR) is 86.1 cm³/mol. The summed E-state index contributed by atoms with van der Waals surface area (Å²) in [6.45, 7) is 0. The van der Waals surface area contributed by atoms with Gasteiger partial charge in [0.05, 0.1) is 0 Å². The molecule has 0 fully saturated rings. The number of rotatable bonds is 2. The second-order valence-electron chi connectivity index (χ2n) is 4.99. The summed E-state index contributed by atoms with van der Waals surface area (Å²) in [5, 5.41) is 0. The predicted octanol–water partition coefficient (Wildman–Crippen LogP) is 5.23. The first-order chi connectivity index (χ1) is 9.95. The second-order valence-corrected chi connectivity index (χ2v) is 4.99. The van der Waals surface area contributed by atoms with Crippen molar-refractivity contribution in [1.29, 1.82) is 0 Å². The average molecular weight is 317 g/mol. The quantitative estimate of drug-likeness (QED) is 0.526. The van der Waals surface area contributed by atoms with Crippen LogP contribution in [0.5, 0.6) is 0 Å². The van der Waals surface area contributed by atoms with Crippen LogP contribution < -0.4 is 0 Å². The standard InChI is InChI=1S/C15H13.C5H5.Ni/c1-2-7-12(6-1)14-10-5-11-15(14)13-8-3-4-9-13;1-2-4-5-3-1;/h1-13H;1-5H;/q2*-1;+2. The molecule has 0 aromatic heterocycles. The van der Waals surface area contributed by atoms with Gasteiger partial charge >= 0.3 is 16.5 Å². The maximum absolute atomic E-state index is 2.25. The van der Waals surface area contributed by atoms with Crippen molar-refractivity contribution in [2.24, 2.45) is 0 Å². The van der Waals surface area contributed by atoms with Crippen LogP contribution in [0.2, 0.25) is 0 Å². The van der Waals surface area contributed by atoms with Gasteiger partial charge in [0.2, 0.25) is 0 Å². The fourth-order valence-electron chi connectivity index (χ4n) is 2.65. The second kappa shape index (κ2) is 7.81. The minimum absolute atomic E-state index is 0. The van der Waals surface area contributed by atoms with E-state index in [-0.39, 0.29) is 16.5 Å². The number of allylic oxidation sites excluding steroid dienone is 8. The Morgan fingerprint density at radius 2 is 1.43 bits per heavy atom. The molecule has 1 heteroatoms. The van der Waals surface area contributed by atoms with E-state index in [1.165, 1.54) is 11.1 Å². The molecule has 21 heavy (non-hydrogen) atoms. The van der Waals surface area contributed by atoms with Gasteiger partial charge in [-0.3, -0.25) is 0 Å². The van der Waals surface area contributed by atoms with Gasteiger partial charge in [-0.05, 0) is 11.8 Å². The first-order valence-corrected chi connectivity index (χ1v) is 7.07. The van der Waals surface area contributed by atoms with Gasteiger partial charge in [-0.15, -0.1) is 5.56 Å². The van der Waals surface area contributed by atoms with E-state index in [4.69, 9.17) is 0 Å². The van der Waals surface area contributed by atoms with Crippen molar-refractivity contribution >= 4 is 0 Å². The summed E-state index contributed by atoms with van der Waals surface area (Å²) in [6, 6.07) is 16.6. The molecule has 2 aromatic rings. The third-order valence-electron chi connectivity index (χ3n) is 3.65. The van der Waals surface area contributed by atoms with Gasteiger partial charge in [-0.1, -0.05) is 48.6 Å². The average Bonchev–Trinajstić information content (AvgIpc) is 3.28. The van der Waals surface area contributed by atoms with Gasteiger partial charge in [-0.25, -0.2) is 24.3 Å². The molecular weight excluding hydrogens is 299 g/mol. The van der Waals surface area contributed by atoms with Crippen LogP contribution >= 0.6 is 0 Å². The zero-order chi connectivity index (χ0) is 13.6. The van der Waals surface area contributed by atoms with E-state index in [0.29, 0.717) is 11.8 Å². The monoisotopic (exact) mass is 316 g/mol. The van der Waals surface area contributed by atoms with Crippen LogP contribution in [0.1, 0.15) is 23.0 Å². The van der Waals surface area contributed by atoms with Gasteiger partial charge < -0.3 is 0 Å². The molecule has 0 spiro atoms. The normalized spacial score (nSPS) is 16.0. The molecule has 2 aliphatic rings. The van der Waals surface area contributed by atoms with Crippen molar-refractivity contribution in [1.82, 2.24) is 0 Å². The van der Waals surface area contributed by atoms with Gasteiger partial charge in [0.25, 0.3) is 0 Å². The molecule has 0 amide bonds. The van der Waals surface area contributed by atoms with Gasteiger partial charge in [-0.2, -0.15) is 29.8 Å². The smallest absolute Gasteiger partial charge is 0.214 e. The Kier molecular flexibility index (Phi) is 5.78. The molecule has 2 aliphatic carbocycles. The van der Waals surface area contributed by atoms with Crippen molar-refractivity contribution in [3.05, 3.63) is 108 Å². The Morgan fingerprint density at radius 3 is 2.00 bits per heavy atom. The van der Waals surface area contributed by atoms with Crippen LogP contribution in [-0.2, 0) is 16.5 Å². The number of hydrogen-bond acceptors (Lipinski definition) is 0. The summed E-state index contributed by atoms with van der Waals surface area (Å²) in [5.74, 6) is 0.967. The first-order valence-electron chi connectivity index (χ1n) is 7.07. The molecule has 0 N–H and O–H groups in total. The Morgan fingerprint density at radius 1 is 0.810 bits per heavy atom. The largest absolute Gasteiger partial charge is 2.00 e. The molecule has 0 bridgehead atoms. The van der Waals surface area contributed by atoms with E-state index < -0.39 is 0 Å². The van der Waals surface area contributed by atoms with Crippen LogP contribution in [0.4, 0.5) is 0 Å². The molecule has 0 aliphatic heterocycles. The zero-order valence-electron chi connectivity index (χ0n) is 11.7. The fraction of sp³-hybridized carbons (Fsp3) is 0.100. The Balaban J connectivity index is 0.000000231. The molecule has 0 heterocycles. The van der Waals surface area contributed by atoms with Crippen molar-refractivity contribution in [3.8, 4) is 0 Å². The molecule has 0 nitrogen and oxygen atoms in total. The summed E-state index contributed by atoms with van der Waals surface area (Å²) in [6.07, 6.45) is 17.5. The first kappa shape index (κ1) is 15.5. The fourth-order valence-corrected chi connectivity index (χ4v) is 2.65. The van der Waals surface area contributed by atoms with E-state index in [1.54, 1.807) is 0 Å². The van der Waals surface area contributed by atoms with E-state index in [2.05, 4.69) is 66.8 Å². The van der Waals surface area contributed by atoms with Crippen LogP contribution in [0.15, 0.2) is 97.1 Å². The Hall–Kier alpha value is -1.85. The minimum Gasteiger partial charge on any atom is -0.214 e. The molecule has 4 rings (SSSR count). The van der Waals surface area contributed by atoms with Crippen molar-refractivity contribution in [2.75, 3.05) is 0 Å². The summed E-state index contributed by atoms with van der Waals surface area (Å²) in [5.41, 5.74) is 2.89. The van der Waals surface area contributed by atoms with Gasteiger partial charge in [0, 0.05) is 0 Å². The van der Waals surface area contributed by atoms with E-state index in [1.807, 2.05) is 30.3 Å². The van der Waals surface area contributed by atoms with E-state index in [9.17, 15) is 0 Å². The molecule has 2 aromatic carbocycles. The van der Waals surface area contributed by atoms with E-state index in [0.717, 1.165) is 0 Å². The maximum Gasteiger partial charge on any atom is 2.00 e. The summed E-state index contributed by atoms with van der Waals surface area (Å²) in [7, 11) is 0. The van der Waals surface area contributed by atoms with Crippen LogP contribution in [0.25, 0.3) is 0 Å². The van der Waals surface area contributed by atoms with Crippen molar-refractivity contribution in [3.63, 3.8) is 0 Å². The summed E-state index contributed by atoms with van der Waals surface area (Å²) in [4.78, 5) is 0. The molecule has 0 atom stereocenters. The van der Waals surface area contributed by atoms with E-state index >= 15 is 0 Å². The molecule has 0 saturated carbocycles. The van der Waals surface area contributed by atoms with Crippen molar-refractivity contribution in [2.45, 2.75) is 11.8 Å². The summed E-state index contributed by atoms with van der Waals surface area (Å²) < 4.78 is 0. The number of hydrogen-bond donors (Lipinski definition) is 0. The Bertz CT molecular complexity index is 551. The zero-order valence-corrected chi connectivity index (χ0v) is 12.7. The van der Waals surface area contributed by atoms with Crippen LogP contribution in [-0.4, -0.2) is 0 Å².